The first-order chi connectivity index (χ1) is 10.4. The van der Waals surface area contributed by atoms with Gasteiger partial charge in [-0.05, 0) is 31.5 Å². The van der Waals surface area contributed by atoms with Gasteiger partial charge in [0.15, 0.2) is 0 Å². The minimum atomic E-state index is -0.644. The molecule has 0 saturated carbocycles. The van der Waals surface area contributed by atoms with Gasteiger partial charge in [-0.1, -0.05) is 36.5 Å². The van der Waals surface area contributed by atoms with E-state index in [1.165, 1.54) is 7.11 Å². The lowest BCUT2D eigenvalue weighted by atomic mass is 10.1. The molecule has 5 nitrogen and oxygen atoms in total. The van der Waals surface area contributed by atoms with E-state index in [1.807, 2.05) is 6.92 Å². The normalized spacial score (nSPS) is 13.1. The zero-order valence-corrected chi connectivity index (χ0v) is 14.3. The van der Waals surface area contributed by atoms with Crippen LogP contribution in [0.15, 0.2) is 18.2 Å². The van der Waals surface area contributed by atoms with Crippen LogP contribution >= 0.6 is 23.2 Å². The fraction of sp³-hybridized carbons (Fsp3) is 0.467. The van der Waals surface area contributed by atoms with Gasteiger partial charge in [0.1, 0.15) is 12.1 Å². The highest BCUT2D eigenvalue weighted by molar-refractivity contribution is 6.35. The van der Waals surface area contributed by atoms with Gasteiger partial charge in [0.05, 0.1) is 7.11 Å². The van der Waals surface area contributed by atoms with Gasteiger partial charge in [0.2, 0.25) is 5.91 Å². The number of carbonyl (C=O) groups is 2. The second-order valence-corrected chi connectivity index (χ2v) is 5.77. The average Bonchev–Trinajstić information content (AvgIpc) is 2.44. The van der Waals surface area contributed by atoms with Crippen molar-refractivity contribution in [2.45, 2.75) is 38.8 Å². The number of carbonyl (C=O) groups excluding carboxylic acids is 2. The first-order valence-electron chi connectivity index (χ1n) is 6.98. The number of hydrogen-bond donors (Lipinski definition) is 2. The quantitative estimate of drug-likeness (QED) is 0.743. The summed E-state index contributed by atoms with van der Waals surface area (Å²) in [5.74, 6) is -0.756. The lowest BCUT2D eigenvalue weighted by molar-refractivity contribution is -0.145. The number of amides is 1. The summed E-state index contributed by atoms with van der Waals surface area (Å²) in [7, 11) is 1.30. The summed E-state index contributed by atoms with van der Waals surface area (Å²) in [6.07, 6.45) is 1.28. The molecule has 2 atom stereocenters. The number of esters is 1. The van der Waals surface area contributed by atoms with Crippen molar-refractivity contribution in [3.05, 3.63) is 28.2 Å². The van der Waals surface area contributed by atoms with Gasteiger partial charge < -0.3 is 15.4 Å². The third-order valence-electron chi connectivity index (χ3n) is 3.02. The molecule has 0 heterocycles. The molecule has 0 bridgehead atoms. The molecule has 1 amide bonds. The average molecular weight is 347 g/mol. The van der Waals surface area contributed by atoms with Crippen molar-refractivity contribution in [2.24, 2.45) is 0 Å². The van der Waals surface area contributed by atoms with E-state index in [2.05, 4.69) is 15.4 Å². The van der Waals surface area contributed by atoms with Crippen LogP contribution < -0.4 is 10.6 Å². The summed E-state index contributed by atoms with van der Waals surface area (Å²) in [5, 5.41) is 6.62. The Morgan fingerprint density at radius 1 is 1.23 bits per heavy atom. The number of rotatable bonds is 7. The van der Waals surface area contributed by atoms with Gasteiger partial charge >= 0.3 is 5.97 Å². The van der Waals surface area contributed by atoms with Crippen LogP contribution in [0.4, 0.5) is 5.69 Å². The molecule has 7 heteroatoms. The van der Waals surface area contributed by atoms with E-state index >= 15 is 0 Å². The lowest BCUT2D eigenvalue weighted by Crippen LogP contribution is -2.47. The molecule has 1 aromatic rings. The van der Waals surface area contributed by atoms with Crippen LogP contribution in [0.3, 0.4) is 0 Å². The predicted molar refractivity (Wildman–Crippen MR) is 88.4 cm³/mol. The maximum Gasteiger partial charge on any atom is 0.328 e. The highest BCUT2D eigenvalue weighted by Crippen LogP contribution is 2.22. The maximum atomic E-state index is 12.2. The van der Waals surface area contributed by atoms with Gasteiger partial charge in [-0.3, -0.25) is 4.79 Å². The SMILES string of the molecule is CCC[C@H](NC(=O)C(C)Nc1cc(Cl)cc(Cl)c1)C(=O)OC. The Kier molecular flexibility index (Phi) is 7.48. The van der Waals surface area contributed by atoms with Gasteiger partial charge in [-0.15, -0.1) is 0 Å². The molecule has 0 spiro atoms. The third-order valence-corrected chi connectivity index (χ3v) is 3.45. The molecule has 2 N–H and O–H groups in total. The molecule has 22 heavy (non-hydrogen) atoms. The van der Waals surface area contributed by atoms with Crippen LogP contribution in [0, 0.1) is 0 Å². The van der Waals surface area contributed by atoms with Crippen molar-refractivity contribution in [3.8, 4) is 0 Å². The zero-order valence-electron chi connectivity index (χ0n) is 12.8. The molecular weight excluding hydrogens is 327 g/mol. The van der Waals surface area contributed by atoms with Crippen LogP contribution in [0.2, 0.25) is 10.0 Å². The van der Waals surface area contributed by atoms with Crippen LogP contribution in [-0.2, 0) is 14.3 Å². The van der Waals surface area contributed by atoms with Crippen LogP contribution in [0.5, 0.6) is 0 Å². The predicted octanol–water partition coefficient (Wildman–Crippen LogP) is 3.25. The summed E-state index contributed by atoms with van der Waals surface area (Å²) in [6.45, 7) is 3.61. The van der Waals surface area contributed by atoms with Gasteiger partial charge in [-0.2, -0.15) is 0 Å². The Morgan fingerprint density at radius 3 is 2.32 bits per heavy atom. The monoisotopic (exact) mass is 346 g/mol. The molecule has 1 unspecified atom stereocenters. The molecule has 122 valence electrons. The van der Waals surface area contributed by atoms with Crippen molar-refractivity contribution in [2.75, 3.05) is 12.4 Å². The zero-order chi connectivity index (χ0) is 16.7. The highest BCUT2D eigenvalue weighted by Gasteiger charge is 2.23. The van der Waals surface area contributed by atoms with Crippen molar-refractivity contribution >= 4 is 40.8 Å². The molecule has 0 saturated heterocycles. The van der Waals surface area contributed by atoms with E-state index in [4.69, 9.17) is 23.2 Å². The summed E-state index contributed by atoms with van der Waals surface area (Å²) in [6, 6.07) is 3.74. The van der Waals surface area contributed by atoms with E-state index in [-0.39, 0.29) is 5.91 Å². The van der Waals surface area contributed by atoms with Gasteiger partial charge in [0.25, 0.3) is 0 Å². The van der Waals surface area contributed by atoms with Gasteiger partial charge in [-0.25, -0.2) is 4.79 Å². The summed E-state index contributed by atoms with van der Waals surface area (Å²) in [5.41, 5.74) is 0.630. The number of ether oxygens (including phenoxy) is 1. The molecule has 0 aliphatic rings. The van der Waals surface area contributed by atoms with E-state index in [0.29, 0.717) is 22.2 Å². The summed E-state index contributed by atoms with van der Waals surface area (Å²) in [4.78, 5) is 23.8. The summed E-state index contributed by atoms with van der Waals surface area (Å²) >= 11 is 11.8. The largest absolute Gasteiger partial charge is 0.467 e. The van der Waals surface area contributed by atoms with Crippen LogP contribution in [0.25, 0.3) is 0 Å². The first-order valence-corrected chi connectivity index (χ1v) is 7.73. The number of methoxy groups -OCH3 is 1. The standard InChI is InChI=1S/C15H20Cl2N2O3/c1-4-5-13(15(21)22-3)19-14(20)9(2)18-12-7-10(16)6-11(17)8-12/h6-9,13,18H,4-5H2,1-3H3,(H,19,20)/t9?,13-/m0/s1. The molecule has 1 rings (SSSR count). The van der Waals surface area contributed by atoms with E-state index in [1.54, 1.807) is 25.1 Å². The van der Waals surface area contributed by atoms with Crippen LogP contribution in [-0.4, -0.2) is 31.1 Å². The number of halogens is 2. The Hall–Kier alpha value is -1.46. The third kappa shape index (κ3) is 5.73. The minimum absolute atomic E-state index is 0.306. The topological polar surface area (TPSA) is 67.4 Å². The Bertz CT molecular complexity index is 517. The summed E-state index contributed by atoms with van der Waals surface area (Å²) < 4.78 is 4.69. The van der Waals surface area contributed by atoms with E-state index < -0.39 is 18.1 Å². The fourth-order valence-corrected chi connectivity index (χ4v) is 2.46. The number of nitrogens with one attached hydrogen (secondary N) is 2. The second-order valence-electron chi connectivity index (χ2n) is 4.90. The minimum Gasteiger partial charge on any atom is -0.467 e. The van der Waals surface area contributed by atoms with Crippen molar-refractivity contribution in [1.29, 1.82) is 0 Å². The number of anilines is 1. The first kappa shape index (κ1) is 18.6. The lowest BCUT2D eigenvalue weighted by Gasteiger charge is -2.20. The Morgan fingerprint density at radius 2 is 1.82 bits per heavy atom. The smallest absolute Gasteiger partial charge is 0.328 e. The van der Waals surface area contributed by atoms with E-state index in [0.717, 1.165) is 6.42 Å². The maximum absolute atomic E-state index is 12.2. The molecule has 1 aromatic carbocycles. The Balaban J connectivity index is 2.69. The van der Waals surface area contributed by atoms with Crippen molar-refractivity contribution in [1.82, 2.24) is 5.32 Å². The number of benzene rings is 1. The van der Waals surface area contributed by atoms with E-state index in [9.17, 15) is 9.59 Å². The van der Waals surface area contributed by atoms with Gasteiger partial charge in [0, 0.05) is 15.7 Å². The molecular formula is C15H20Cl2N2O3. The molecule has 0 aliphatic heterocycles. The van der Waals surface area contributed by atoms with Crippen molar-refractivity contribution < 1.29 is 14.3 Å². The second kappa shape index (κ2) is 8.86. The fourth-order valence-electron chi connectivity index (χ4n) is 1.93. The molecule has 0 fully saturated rings. The highest BCUT2D eigenvalue weighted by atomic mass is 35.5. The molecule has 0 aromatic heterocycles. The number of hydrogen-bond acceptors (Lipinski definition) is 4. The van der Waals surface area contributed by atoms with Crippen molar-refractivity contribution in [3.63, 3.8) is 0 Å². The van der Waals surface area contributed by atoms with Crippen LogP contribution in [0.1, 0.15) is 26.7 Å². The Labute approximate surface area is 140 Å². The molecule has 0 radical (unpaired) electrons. The molecule has 0 aliphatic carbocycles.